The Morgan fingerprint density at radius 3 is 2.26 bits per heavy atom. The van der Waals surface area contributed by atoms with Crippen LogP contribution in [0.1, 0.15) is 33.5 Å². The molecule has 1 aliphatic carbocycles. The number of carbonyl (C=O) groups is 1. The highest BCUT2D eigenvalue weighted by molar-refractivity contribution is 5.81. The van der Waals surface area contributed by atoms with Gasteiger partial charge >= 0.3 is 0 Å². The summed E-state index contributed by atoms with van der Waals surface area (Å²) >= 11 is 0. The minimum atomic E-state index is -1.98. The molecule has 1 rings (SSSR count). The van der Waals surface area contributed by atoms with Gasteiger partial charge in [-0.05, 0) is 12.8 Å². The Kier molecular flexibility index (Phi) is 5.99. The largest absolute Gasteiger partial charge is 0.394 e. The van der Waals surface area contributed by atoms with Crippen molar-refractivity contribution < 1.29 is 31.7 Å². The van der Waals surface area contributed by atoms with Crippen LogP contribution in [0.4, 0.5) is 0 Å². The van der Waals surface area contributed by atoms with Crippen molar-refractivity contribution in [3.8, 4) is 0 Å². The van der Waals surface area contributed by atoms with Gasteiger partial charge in [-0.2, -0.15) is 0 Å². The molecule has 0 heterocycles. The molecule has 19 heavy (non-hydrogen) atoms. The molecule has 1 saturated carbocycles. The zero-order chi connectivity index (χ0) is 15.3. The maximum absolute atomic E-state index is 11.8. The van der Waals surface area contributed by atoms with Crippen LogP contribution in [0.25, 0.3) is 0 Å². The molecule has 6 N–H and O–H groups in total. The Balaban J connectivity index is 2.57. The van der Waals surface area contributed by atoms with E-state index in [1.807, 2.05) is 0 Å². The Hall–Kier alpha value is -0.730. The maximum Gasteiger partial charge on any atom is 0.251 e. The van der Waals surface area contributed by atoms with Crippen LogP contribution in [0.3, 0.4) is 0 Å². The molecule has 0 aromatic carbocycles. The molecule has 4 atom stereocenters. The Morgan fingerprint density at radius 1 is 1.16 bits per heavy atom. The Bertz CT molecular complexity index is 323. The van der Waals surface area contributed by atoms with Gasteiger partial charge in [0.15, 0.2) is 6.10 Å². The lowest BCUT2D eigenvalue weighted by atomic mass is 9.95. The van der Waals surface area contributed by atoms with Crippen molar-refractivity contribution in [2.24, 2.45) is 0 Å². The van der Waals surface area contributed by atoms with Gasteiger partial charge in [-0.1, -0.05) is 19.3 Å². The van der Waals surface area contributed by atoms with Crippen LogP contribution in [-0.2, 0) is 4.79 Å². The standard InChI is InChI=1S/C12H23NO6/c14-6-8(15)9(16)10(17)11(18)12(19)13-7-4-2-1-3-5-7/h7-11,14-18H,1-6H2,(H,13,19)/t8-,9-,10+,11-/m1/s1/i7D. The molecule has 0 aromatic rings. The average Bonchev–Trinajstić information content (AvgIpc) is 2.44. The monoisotopic (exact) mass is 278 g/mol. The lowest BCUT2D eigenvalue weighted by Gasteiger charge is -2.28. The summed E-state index contributed by atoms with van der Waals surface area (Å²) in [6.07, 6.45) is -3.92. The summed E-state index contributed by atoms with van der Waals surface area (Å²) < 4.78 is 8.04. The normalized spacial score (nSPS) is 25.8. The van der Waals surface area contributed by atoms with E-state index in [0.29, 0.717) is 12.8 Å². The van der Waals surface area contributed by atoms with E-state index in [-0.39, 0.29) is 0 Å². The summed E-state index contributed by atoms with van der Waals surface area (Å²) in [5, 5.41) is 48.8. The van der Waals surface area contributed by atoms with E-state index >= 15 is 0 Å². The van der Waals surface area contributed by atoms with Gasteiger partial charge in [0.05, 0.1) is 7.98 Å². The second-order valence-corrected chi connectivity index (χ2v) is 4.83. The highest BCUT2D eigenvalue weighted by atomic mass is 16.4. The highest BCUT2D eigenvalue weighted by Gasteiger charge is 2.34. The Labute approximate surface area is 113 Å². The van der Waals surface area contributed by atoms with E-state index in [1.165, 1.54) is 0 Å². The first-order chi connectivity index (χ1) is 9.30. The van der Waals surface area contributed by atoms with Gasteiger partial charge in [-0.15, -0.1) is 0 Å². The van der Waals surface area contributed by atoms with Crippen molar-refractivity contribution in [3.05, 3.63) is 0 Å². The number of hydrogen-bond acceptors (Lipinski definition) is 6. The summed E-state index contributed by atoms with van der Waals surface area (Å²) in [7, 11) is 0. The molecule has 0 unspecified atom stereocenters. The predicted octanol–water partition coefficient (Wildman–Crippen LogP) is -2.13. The van der Waals surface area contributed by atoms with Crippen LogP contribution < -0.4 is 5.32 Å². The number of aliphatic hydroxyl groups excluding tert-OH is 5. The van der Waals surface area contributed by atoms with E-state index < -0.39 is 42.9 Å². The van der Waals surface area contributed by atoms with E-state index in [2.05, 4.69) is 5.32 Å². The summed E-state index contributed by atoms with van der Waals surface area (Å²) in [4.78, 5) is 11.8. The van der Waals surface area contributed by atoms with Gasteiger partial charge in [-0.25, -0.2) is 0 Å². The molecule has 0 saturated heterocycles. The molecular weight excluding hydrogens is 254 g/mol. The lowest BCUT2D eigenvalue weighted by molar-refractivity contribution is -0.149. The van der Waals surface area contributed by atoms with Gasteiger partial charge in [0.2, 0.25) is 0 Å². The number of nitrogens with one attached hydrogen (secondary N) is 1. The van der Waals surface area contributed by atoms with Crippen LogP contribution in [0.15, 0.2) is 0 Å². The molecule has 0 bridgehead atoms. The summed E-state index contributed by atoms with van der Waals surface area (Å²) in [6.45, 7) is -0.811. The summed E-state index contributed by atoms with van der Waals surface area (Å²) in [5.74, 6) is -0.974. The first kappa shape index (κ1) is 14.7. The van der Waals surface area contributed by atoms with Crippen molar-refractivity contribution in [3.63, 3.8) is 0 Å². The van der Waals surface area contributed by atoms with Crippen molar-refractivity contribution in [1.82, 2.24) is 5.32 Å². The zero-order valence-electron chi connectivity index (χ0n) is 11.7. The van der Waals surface area contributed by atoms with Crippen molar-refractivity contribution >= 4 is 5.91 Å². The second kappa shape index (κ2) is 7.76. The fourth-order valence-corrected chi connectivity index (χ4v) is 2.03. The minimum Gasteiger partial charge on any atom is -0.394 e. The number of amides is 1. The van der Waals surface area contributed by atoms with Gasteiger partial charge < -0.3 is 30.8 Å². The first-order valence-corrected chi connectivity index (χ1v) is 6.46. The van der Waals surface area contributed by atoms with Gasteiger partial charge in [-0.3, -0.25) is 4.79 Å². The second-order valence-electron chi connectivity index (χ2n) is 4.83. The maximum atomic E-state index is 11.8. The van der Waals surface area contributed by atoms with E-state index in [0.717, 1.165) is 19.3 Å². The van der Waals surface area contributed by atoms with E-state index in [4.69, 9.17) is 11.6 Å². The number of aliphatic hydroxyl groups is 5. The third-order valence-corrected chi connectivity index (χ3v) is 3.28. The van der Waals surface area contributed by atoms with Crippen LogP contribution in [0, 0.1) is 0 Å². The van der Waals surface area contributed by atoms with Gasteiger partial charge in [0.1, 0.15) is 18.3 Å². The quantitative estimate of drug-likeness (QED) is 0.329. The molecule has 7 heteroatoms. The van der Waals surface area contributed by atoms with Crippen LogP contribution in [-0.4, -0.2) is 68.5 Å². The fourth-order valence-electron chi connectivity index (χ4n) is 2.03. The first-order valence-electron chi connectivity index (χ1n) is 6.96. The molecule has 1 amide bonds. The van der Waals surface area contributed by atoms with Crippen molar-refractivity contribution in [2.45, 2.75) is 62.5 Å². The van der Waals surface area contributed by atoms with Crippen LogP contribution in [0.5, 0.6) is 0 Å². The average molecular weight is 278 g/mol. The molecule has 0 aliphatic heterocycles. The van der Waals surface area contributed by atoms with Gasteiger partial charge in [0.25, 0.3) is 5.91 Å². The summed E-state index contributed by atoms with van der Waals surface area (Å²) in [5.41, 5.74) is 0. The molecule has 0 radical (unpaired) electrons. The smallest absolute Gasteiger partial charge is 0.251 e. The highest BCUT2D eigenvalue weighted by Crippen LogP contribution is 2.17. The van der Waals surface area contributed by atoms with Crippen molar-refractivity contribution in [2.75, 3.05) is 6.61 Å². The fraction of sp³-hybridized carbons (Fsp3) is 0.917. The number of carbonyl (C=O) groups excluding carboxylic acids is 1. The van der Waals surface area contributed by atoms with Gasteiger partial charge in [0, 0.05) is 6.02 Å². The minimum absolute atomic E-state index is 0.462. The molecule has 112 valence electrons. The third-order valence-electron chi connectivity index (χ3n) is 3.28. The topological polar surface area (TPSA) is 130 Å². The molecule has 0 aromatic heterocycles. The zero-order valence-corrected chi connectivity index (χ0v) is 10.7. The molecular formula is C12H23NO6. The lowest BCUT2D eigenvalue weighted by Crippen LogP contribution is -2.53. The van der Waals surface area contributed by atoms with Crippen LogP contribution in [0.2, 0.25) is 0 Å². The number of hydrogen-bond donors (Lipinski definition) is 6. The molecule has 1 fully saturated rings. The molecule has 1 aliphatic rings. The SMILES string of the molecule is [2H]C1(NC(=O)[C@H](O)[C@@H](O)[C@H](O)[C@H](O)CO)CCCCC1. The summed E-state index contributed by atoms with van der Waals surface area (Å²) in [6, 6.07) is -1.17. The molecule has 0 spiro atoms. The molecule has 7 nitrogen and oxygen atoms in total. The van der Waals surface area contributed by atoms with Crippen molar-refractivity contribution in [1.29, 1.82) is 0 Å². The van der Waals surface area contributed by atoms with E-state index in [1.54, 1.807) is 0 Å². The Morgan fingerprint density at radius 2 is 1.74 bits per heavy atom. The predicted molar refractivity (Wildman–Crippen MR) is 66.1 cm³/mol. The number of rotatable bonds is 6. The van der Waals surface area contributed by atoms with Crippen LogP contribution >= 0.6 is 0 Å². The third kappa shape index (κ3) is 4.70. The van der Waals surface area contributed by atoms with E-state index in [9.17, 15) is 20.1 Å².